The van der Waals surface area contributed by atoms with Gasteiger partial charge in [-0.25, -0.2) is 4.39 Å². The van der Waals surface area contributed by atoms with E-state index in [9.17, 15) is 4.39 Å². The second kappa shape index (κ2) is 6.61. The number of thioether (sulfide) groups is 1. The third-order valence-electron chi connectivity index (χ3n) is 2.29. The van der Waals surface area contributed by atoms with E-state index in [1.165, 1.54) is 29.2 Å². The summed E-state index contributed by atoms with van der Waals surface area (Å²) in [5.41, 5.74) is 0.935. The van der Waals surface area contributed by atoms with Gasteiger partial charge in [0.25, 0.3) is 0 Å². The quantitative estimate of drug-likeness (QED) is 0.362. The molecule has 0 amide bonds. The average Bonchev–Trinajstić information content (AvgIpc) is 2.72. The van der Waals surface area contributed by atoms with E-state index >= 15 is 0 Å². The zero-order chi connectivity index (χ0) is 13.8. The first-order valence-electron chi connectivity index (χ1n) is 5.15. The van der Waals surface area contributed by atoms with Gasteiger partial charge in [-0.3, -0.25) is 0 Å². The predicted molar refractivity (Wildman–Crippen MR) is 79.8 cm³/mol. The van der Waals surface area contributed by atoms with Gasteiger partial charge < -0.3 is 5.21 Å². The maximum absolute atomic E-state index is 13.5. The molecule has 2 nitrogen and oxygen atoms in total. The second-order valence-corrected chi connectivity index (χ2v) is 6.81. The maximum Gasteiger partial charge on any atom is 0.136 e. The van der Waals surface area contributed by atoms with Gasteiger partial charge in [-0.1, -0.05) is 40.5 Å². The molecule has 0 aliphatic heterocycles. The molecule has 0 aliphatic carbocycles. The van der Waals surface area contributed by atoms with Crippen LogP contribution < -0.4 is 0 Å². The van der Waals surface area contributed by atoms with Crippen LogP contribution in [-0.4, -0.2) is 16.7 Å². The van der Waals surface area contributed by atoms with Crippen molar-refractivity contribution >= 4 is 52.0 Å². The highest BCUT2D eigenvalue weighted by Crippen LogP contribution is 2.33. The number of oxime groups is 1. The Morgan fingerprint density at radius 3 is 2.68 bits per heavy atom. The van der Waals surface area contributed by atoms with E-state index in [1.54, 1.807) is 24.3 Å². The fraction of sp³-hybridized carbons (Fsp3) is 0.0833. The Balaban J connectivity index is 2.14. The fourth-order valence-electron chi connectivity index (χ4n) is 1.41. The number of halogens is 3. The summed E-state index contributed by atoms with van der Waals surface area (Å²) in [7, 11) is 0. The summed E-state index contributed by atoms with van der Waals surface area (Å²) in [6.45, 7) is 0. The first-order valence-corrected chi connectivity index (χ1v) is 7.71. The van der Waals surface area contributed by atoms with Crippen molar-refractivity contribution in [3.63, 3.8) is 0 Å². The van der Waals surface area contributed by atoms with Crippen LogP contribution in [0.1, 0.15) is 5.56 Å². The van der Waals surface area contributed by atoms with E-state index in [1.807, 2.05) is 0 Å². The average molecular weight is 336 g/mol. The molecule has 100 valence electrons. The van der Waals surface area contributed by atoms with Crippen LogP contribution in [0.3, 0.4) is 0 Å². The summed E-state index contributed by atoms with van der Waals surface area (Å²) in [6.07, 6.45) is 0. The van der Waals surface area contributed by atoms with Crippen molar-refractivity contribution in [2.75, 3.05) is 5.75 Å². The molecule has 2 aromatic rings. The third-order valence-corrected chi connectivity index (χ3v) is 4.84. The summed E-state index contributed by atoms with van der Waals surface area (Å²) in [4.78, 5) is 0.487. The van der Waals surface area contributed by atoms with Crippen molar-refractivity contribution in [3.8, 4) is 0 Å². The lowest BCUT2D eigenvalue weighted by Gasteiger charge is -2.04. The first-order chi connectivity index (χ1) is 9.11. The Hall–Kier alpha value is -0.750. The van der Waals surface area contributed by atoms with Gasteiger partial charge in [-0.05, 0) is 18.2 Å². The fourth-order valence-corrected chi connectivity index (χ4v) is 3.80. The molecule has 0 spiro atoms. The van der Waals surface area contributed by atoms with Crippen molar-refractivity contribution in [3.05, 3.63) is 50.4 Å². The highest BCUT2D eigenvalue weighted by Gasteiger charge is 2.14. The summed E-state index contributed by atoms with van der Waals surface area (Å²) in [5, 5.41) is 12.3. The van der Waals surface area contributed by atoms with Gasteiger partial charge >= 0.3 is 0 Å². The monoisotopic (exact) mass is 335 g/mol. The molecule has 0 saturated heterocycles. The Labute approximate surface area is 127 Å². The lowest BCUT2D eigenvalue weighted by Crippen LogP contribution is -2.04. The van der Waals surface area contributed by atoms with Crippen molar-refractivity contribution in [1.29, 1.82) is 0 Å². The summed E-state index contributed by atoms with van der Waals surface area (Å²) in [5.74, 6) is -0.0104. The van der Waals surface area contributed by atoms with Crippen LogP contribution in [0.5, 0.6) is 0 Å². The molecule has 7 heteroatoms. The number of thiophene rings is 1. The number of nitrogens with zero attached hydrogens (tertiary/aromatic N) is 1. The first kappa shape index (κ1) is 14.7. The number of hydrogen-bond donors (Lipinski definition) is 1. The SMILES string of the molecule is O/N=C(\CSc1ccccc1F)c1cc(Cl)sc1Cl. The lowest BCUT2D eigenvalue weighted by molar-refractivity contribution is 0.319. The van der Waals surface area contributed by atoms with Crippen LogP contribution in [0, 0.1) is 5.82 Å². The predicted octanol–water partition coefficient (Wildman–Crippen LogP) is 5.16. The van der Waals surface area contributed by atoms with Crippen molar-refractivity contribution in [2.24, 2.45) is 5.16 Å². The topological polar surface area (TPSA) is 32.6 Å². The Morgan fingerprint density at radius 2 is 2.11 bits per heavy atom. The second-order valence-electron chi connectivity index (χ2n) is 3.50. The van der Waals surface area contributed by atoms with Crippen LogP contribution in [-0.2, 0) is 0 Å². The summed E-state index contributed by atoms with van der Waals surface area (Å²) < 4.78 is 14.4. The van der Waals surface area contributed by atoms with Crippen LogP contribution in [0.4, 0.5) is 4.39 Å². The van der Waals surface area contributed by atoms with Crippen molar-refractivity contribution in [1.82, 2.24) is 0 Å². The van der Waals surface area contributed by atoms with Gasteiger partial charge in [0.15, 0.2) is 0 Å². The van der Waals surface area contributed by atoms with Gasteiger partial charge in [0.05, 0.1) is 10.0 Å². The Kier molecular flexibility index (Phi) is 5.10. The standard InChI is InChI=1S/C12H8Cl2FNOS2/c13-11-5-7(12(14)19-11)9(16-17)6-18-10-4-2-1-3-8(10)15/h1-5,17H,6H2/b16-9+. The van der Waals surface area contributed by atoms with Crippen LogP contribution in [0.2, 0.25) is 8.67 Å². The third kappa shape index (κ3) is 3.63. The highest BCUT2D eigenvalue weighted by atomic mass is 35.5. The van der Waals surface area contributed by atoms with Crippen molar-refractivity contribution in [2.45, 2.75) is 4.90 Å². The van der Waals surface area contributed by atoms with Gasteiger partial charge in [0, 0.05) is 16.2 Å². The molecule has 1 N–H and O–H groups in total. The van der Waals surface area contributed by atoms with Gasteiger partial charge in [-0.2, -0.15) is 0 Å². The lowest BCUT2D eigenvalue weighted by atomic mass is 10.2. The van der Waals surface area contributed by atoms with Crippen LogP contribution in [0.15, 0.2) is 40.4 Å². The molecule has 1 aromatic carbocycles. The van der Waals surface area contributed by atoms with Crippen LogP contribution >= 0.6 is 46.3 Å². The molecule has 0 atom stereocenters. The molecule has 0 saturated carbocycles. The van der Waals surface area contributed by atoms with E-state index in [-0.39, 0.29) is 5.82 Å². The van der Waals surface area contributed by atoms with Gasteiger partial charge in [0.1, 0.15) is 10.2 Å². The number of hydrogen-bond acceptors (Lipinski definition) is 4. The molecule has 0 bridgehead atoms. The normalized spacial score (nSPS) is 11.8. The molecule has 0 fully saturated rings. The molecule has 19 heavy (non-hydrogen) atoms. The number of rotatable bonds is 4. The molecular formula is C12H8Cl2FNOS2. The van der Waals surface area contributed by atoms with Gasteiger partial charge in [0.2, 0.25) is 0 Å². The van der Waals surface area contributed by atoms with E-state index in [0.717, 1.165) is 0 Å². The number of benzene rings is 1. The van der Waals surface area contributed by atoms with Crippen molar-refractivity contribution < 1.29 is 9.60 Å². The Morgan fingerprint density at radius 1 is 1.37 bits per heavy atom. The molecule has 0 unspecified atom stereocenters. The van der Waals surface area contributed by atoms with E-state index < -0.39 is 0 Å². The molecule has 1 heterocycles. The minimum atomic E-state index is -0.306. The molecule has 0 radical (unpaired) electrons. The minimum absolute atomic E-state index is 0.296. The van der Waals surface area contributed by atoms with E-state index in [4.69, 9.17) is 28.4 Å². The zero-order valence-electron chi connectivity index (χ0n) is 9.44. The summed E-state index contributed by atoms with van der Waals surface area (Å²) >= 11 is 14.3. The molecule has 0 aliphatic rings. The Bertz CT molecular complexity index is 616. The van der Waals surface area contributed by atoms with Crippen LogP contribution in [0.25, 0.3) is 0 Å². The smallest absolute Gasteiger partial charge is 0.136 e. The molecule has 2 rings (SSSR count). The minimum Gasteiger partial charge on any atom is -0.411 e. The van der Waals surface area contributed by atoms with E-state index in [0.29, 0.717) is 30.6 Å². The molecular weight excluding hydrogens is 328 g/mol. The largest absolute Gasteiger partial charge is 0.411 e. The zero-order valence-corrected chi connectivity index (χ0v) is 12.6. The maximum atomic E-state index is 13.5. The molecule has 1 aromatic heterocycles. The van der Waals surface area contributed by atoms with E-state index in [2.05, 4.69) is 5.16 Å². The highest BCUT2D eigenvalue weighted by molar-refractivity contribution is 8.00. The summed E-state index contributed by atoms with van der Waals surface area (Å²) in [6, 6.07) is 8.04. The van der Waals surface area contributed by atoms with Gasteiger partial charge in [-0.15, -0.1) is 23.1 Å².